The minimum absolute atomic E-state index is 0.0958. The number of carbonyl (C=O) groups is 1. The van der Waals surface area contributed by atoms with Crippen molar-refractivity contribution in [3.63, 3.8) is 0 Å². The maximum Gasteiger partial charge on any atom is 0.338 e. The first-order chi connectivity index (χ1) is 17.6. The SMILES string of the molecule is CCOC(=O)C1=C(CSc2nc(-c3ccccc3)ccc2C#N)OC(N)=C(C#N)[C@H]1c1cccnc1. The molecule has 0 amide bonds. The average Bonchev–Trinajstić information content (AvgIpc) is 2.92. The molecule has 0 saturated heterocycles. The normalized spacial score (nSPS) is 15.0. The Morgan fingerprint density at radius 1 is 1.14 bits per heavy atom. The van der Waals surface area contributed by atoms with E-state index in [1.807, 2.05) is 30.3 Å². The average molecular weight is 496 g/mol. The molecule has 0 saturated carbocycles. The van der Waals surface area contributed by atoms with E-state index in [0.717, 1.165) is 5.56 Å². The van der Waals surface area contributed by atoms with E-state index < -0.39 is 11.9 Å². The van der Waals surface area contributed by atoms with Crippen LogP contribution in [0.3, 0.4) is 0 Å². The highest BCUT2D eigenvalue weighted by Crippen LogP contribution is 2.41. The number of pyridine rings is 2. The van der Waals surface area contributed by atoms with E-state index in [1.165, 1.54) is 11.8 Å². The Balaban J connectivity index is 1.75. The summed E-state index contributed by atoms with van der Waals surface area (Å²) in [4.78, 5) is 21.9. The van der Waals surface area contributed by atoms with Gasteiger partial charge in [0.15, 0.2) is 0 Å². The number of carbonyl (C=O) groups excluding carboxylic acids is 1. The predicted molar refractivity (Wildman–Crippen MR) is 134 cm³/mol. The summed E-state index contributed by atoms with van der Waals surface area (Å²) in [6.45, 7) is 1.84. The highest BCUT2D eigenvalue weighted by atomic mass is 32.2. The van der Waals surface area contributed by atoms with Crippen LogP contribution >= 0.6 is 11.8 Å². The molecule has 3 aromatic rings. The zero-order chi connectivity index (χ0) is 25.5. The Morgan fingerprint density at radius 2 is 1.94 bits per heavy atom. The second kappa shape index (κ2) is 11.2. The van der Waals surface area contributed by atoms with Gasteiger partial charge in [0.1, 0.15) is 28.5 Å². The molecule has 8 nitrogen and oxygen atoms in total. The quantitative estimate of drug-likeness (QED) is 0.373. The molecule has 3 heterocycles. The van der Waals surface area contributed by atoms with Crippen molar-refractivity contribution in [2.24, 2.45) is 5.73 Å². The number of hydrogen-bond acceptors (Lipinski definition) is 9. The van der Waals surface area contributed by atoms with Crippen molar-refractivity contribution < 1.29 is 14.3 Å². The Morgan fingerprint density at radius 3 is 2.61 bits per heavy atom. The van der Waals surface area contributed by atoms with Crippen LogP contribution in [0.5, 0.6) is 0 Å². The van der Waals surface area contributed by atoms with E-state index in [2.05, 4.69) is 22.1 Å². The van der Waals surface area contributed by atoms with Gasteiger partial charge >= 0.3 is 5.97 Å². The van der Waals surface area contributed by atoms with Gasteiger partial charge in [-0.2, -0.15) is 10.5 Å². The second-order valence-corrected chi connectivity index (χ2v) is 8.55. The summed E-state index contributed by atoms with van der Waals surface area (Å²) in [5, 5.41) is 19.9. The number of allylic oxidation sites excluding steroid dienone is 1. The van der Waals surface area contributed by atoms with Crippen molar-refractivity contribution >= 4 is 17.7 Å². The number of esters is 1. The summed E-state index contributed by atoms with van der Waals surface area (Å²) >= 11 is 1.23. The monoisotopic (exact) mass is 495 g/mol. The first-order valence-corrected chi connectivity index (χ1v) is 12.0. The van der Waals surface area contributed by atoms with Gasteiger partial charge in [-0.05, 0) is 30.7 Å². The zero-order valence-electron chi connectivity index (χ0n) is 19.3. The van der Waals surface area contributed by atoms with E-state index in [0.29, 0.717) is 21.8 Å². The molecule has 36 heavy (non-hydrogen) atoms. The Kier molecular flexibility index (Phi) is 7.64. The van der Waals surface area contributed by atoms with Gasteiger partial charge < -0.3 is 15.2 Å². The van der Waals surface area contributed by atoms with E-state index in [-0.39, 0.29) is 35.1 Å². The van der Waals surface area contributed by atoms with Crippen molar-refractivity contribution in [2.75, 3.05) is 12.4 Å². The van der Waals surface area contributed by atoms with Gasteiger partial charge in [-0.15, -0.1) is 0 Å². The van der Waals surface area contributed by atoms with Crippen LogP contribution in [0.1, 0.15) is 24.0 Å². The van der Waals surface area contributed by atoms with E-state index >= 15 is 0 Å². The molecule has 1 aromatic carbocycles. The van der Waals surface area contributed by atoms with Crippen LogP contribution in [0.15, 0.2) is 94.8 Å². The number of ether oxygens (including phenoxy) is 2. The standard InChI is InChI=1S/C27H21N5O3S/c1-2-34-27(33)24-22(35-25(30)20(14-29)23(24)19-9-6-12-31-15-19)16-36-26-18(13-28)10-11-21(32-26)17-7-4-3-5-8-17/h3-12,15,23H,2,16,30H2,1H3/t23-/m1/s1. The Bertz CT molecular complexity index is 1420. The van der Waals surface area contributed by atoms with E-state index in [4.69, 9.17) is 15.2 Å². The zero-order valence-corrected chi connectivity index (χ0v) is 20.2. The van der Waals surface area contributed by atoms with E-state index in [1.54, 1.807) is 43.6 Å². The maximum absolute atomic E-state index is 13.1. The summed E-state index contributed by atoms with van der Waals surface area (Å²) in [6, 6.07) is 20.8. The number of rotatable bonds is 7. The van der Waals surface area contributed by atoms with Crippen LogP contribution in [0, 0.1) is 22.7 Å². The molecule has 0 aliphatic carbocycles. The fourth-order valence-electron chi connectivity index (χ4n) is 3.78. The van der Waals surface area contributed by atoms with Crippen LogP contribution in [-0.2, 0) is 14.3 Å². The van der Waals surface area contributed by atoms with Crippen LogP contribution in [0.25, 0.3) is 11.3 Å². The number of hydrogen-bond donors (Lipinski definition) is 1. The number of nitriles is 2. The van der Waals surface area contributed by atoms with E-state index in [9.17, 15) is 15.3 Å². The third-order valence-corrected chi connectivity index (χ3v) is 6.39. The van der Waals surface area contributed by atoms with Gasteiger partial charge in [-0.3, -0.25) is 4.98 Å². The molecule has 0 radical (unpaired) electrons. The number of benzene rings is 1. The minimum Gasteiger partial charge on any atom is -0.463 e. The maximum atomic E-state index is 13.1. The molecule has 1 aliphatic heterocycles. The number of nitrogens with zero attached hydrogens (tertiary/aromatic N) is 4. The molecule has 1 atom stereocenters. The van der Waals surface area contributed by atoms with Gasteiger partial charge in [-0.1, -0.05) is 48.2 Å². The summed E-state index contributed by atoms with van der Waals surface area (Å²) < 4.78 is 11.1. The lowest BCUT2D eigenvalue weighted by molar-refractivity contribution is -0.139. The van der Waals surface area contributed by atoms with Gasteiger partial charge in [0.05, 0.1) is 35.1 Å². The Labute approximate surface area is 212 Å². The number of thioether (sulfide) groups is 1. The van der Waals surface area contributed by atoms with Crippen LogP contribution in [0.2, 0.25) is 0 Å². The van der Waals surface area contributed by atoms with Gasteiger partial charge in [0.2, 0.25) is 5.88 Å². The third kappa shape index (κ3) is 5.07. The molecule has 0 spiro atoms. The molecule has 0 bridgehead atoms. The number of nitrogens with two attached hydrogens (primary N) is 1. The smallest absolute Gasteiger partial charge is 0.338 e. The predicted octanol–water partition coefficient (Wildman–Crippen LogP) is 4.43. The summed E-state index contributed by atoms with van der Waals surface area (Å²) in [5.74, 6) is -1.15. The van der Waals surface area contributed by atoms with Crippen LogP contribution in [-0.4, -0.2) is 28.3 Å². The summed E-state index contributed by atoms with van der Waals surface area (Å²) in [6.07, 6.45) is 3.17. The molecule has 1 aliphatic rings. The lowest BCUT2D eigenvalue weighted by Crippen LogP contribution is -2.27. The molecule has 2 N–H and O–H groups in total. The van der Waals surface area contributed by atoms with Gasteiger partial charge in [0.25, 0.3) is 0 Å². The molecule has 0 unspecified atom stereocenters. The molecule has 4 rings (SSSR count). The molecule has 9 heteroatoms. The van der Waals surface area contributed by atoms with Crippen molar-refractivity contribution in [1.82, 2.24) is 9.97 Å². The Hall–Kier alpha value is -4.60. The fraction of sp³-hybridized carbons (Fsp3) is 0.148. The van der Waals surface area contributed by atoms with Gasteiger partial charge in [0, 0.05) is 18.0 Å². The molecule has 0 fully saturated rings. The fourth-order valence-corrected chi connectivity index (χ4v) is 4.69. The van der Waals surface area contributed by atoms with Crippen molar-refractivity contribution in [3.05, 3.63) is 101 Å². The van der Waals surface area contributed by atoms with Crippen molar-refractivity contribution in [2.45, 2.75) is 17.9 Å². The topological polar surface area (TPSA) is 135 Å². The highest BCUT2D eigenvalue weighted by Gasteiger charge is 2.37. The largest absolute Gasteiger partial charge is 0.463 e. The lowest BCUT2D eigenvalue weighted by atomic mass is 9.84. The number of aromatic nitrogens is 2. The van der Waals surface area contributed by atoms with Gasteiger partial charge in [-0.25, -0.2) is 9.78 Å². The molecular formula is C27H21N5O3S. The van der Waals surface area contributed by atoms with Crippen molar-refractivity contribution in [3.8, 4) is 23.4 Å². The molecule has 2 aromatic heterocycles. The lowest BCUT2D eigenvalue weighted by Gasteiger charge is -2.27. The van der Waals surface area contributed by atoms with Crippen LogP contribution < -0.4 is 5.73 Å². The molecule has 178 valence electrons. The third-order valence-electron chi connectivity index (χ3n) is 5.40. The highest BCUT2D eigenvalue weighted by molar-refractivity contribution is 7.99. The van der Waals surface area contributed by atoms with Crippen LogP contribution in [0.4, 0.5) is 0 Å². The van der Waals surface area contributed by atoms with Crippen molar-refractivity contribution in [1.29, 1.82) is 10.5 Å². The minimum atomic E-state index is -0.800. The summed E-state index contributed by atoms with van der Waals surface area (Å²) in [5.41, 5.74) is 9.00. The first-order valence-electron chi connectivity index (χ1n) is 11.0. The second-order valence-electron chi connectivity index (χ2n) is 7.58. The summed E-state index contributed by atoms with van der Waals surface area (Å²) in [7, 11) is 0. The molecular weight excluding hydrogens is 474 g/mol. The first kappa shape index (κ1) is 24.5.